The summed E-state index contributed by atoms with van der Waals surface area (Å²) in [6, 6.07) is 7.26. The second kappa shape index (κ2) is 8.36. The number of rotatable bonds is 6. The van der Waals surface area contributed by atoms with E-state index >= 15 is 0 Å². The summed E-state index contributed by atoms with van der Waals surface area (Å²) in [5, 5.41) is 7.32. The first-order valence-electron chi connectivity index (χ1n) is 8.41. The number of aryl methyl sites for hydroxylation is 2. The zero-order valence-corrected chi connectivity index (χ0v) is 16.4. The highest BCUT2D eigenvalue weighted by Crippen LogP contribution is 2.21. The number of hydrogen-bond donors (Lipinski definition) is 1. The van der Waals surface area contributed by atoms with Gasteiger partial charge in [0.15, 0.2) is 0 Å². The summed E-state index contributed by atoms with van der Waals surface area (Å²) >= 11 is 6.41. The fourth-order valence-corrected chi connectivity index (χ4v) is 2.94. The largest absolute Gasteiger partial charge is 0.467 e. The Balaban J connectivity index is 2.24. The molecular formula is C19H24ClN3O3. The van der Waals surface area contributed by atoms with Gasteiger partial charge < -0.3 is 10.1 Å². The van der Waals surface area contributed by atoms with Gasteiger partial charge >= 0.3 is 5.97 Å². The SMILES string of the molecule is COC(=O)C(NC(=O)c1c(C)nn(Cc2ccc(C)cc2)c1Cl)C(C)C. The van der Waals surface area contributed by atoms with E-state index in [4.69, 9.17) is 16.3 Å². The minimum absolute atomic E-state index is 0.118. The second-order valence-corrected chi connectivity index (χ2v) is 6.97. The first-order valence-corrected chi connectivity index (χ1v) is 8.79. The summed E-state index contributed by atoms with van der Waals surface area (Å²) in [5.41, 5.74) is 2.97. The molecule has 7 heteroatoms. The van der Waals surface area contributed by atoms with Crippen LogP contribution in [0.3, 0.4) is 0 Å². The number of carbonyl (C=O) groups excluding carboxylic acids is 2. The van der Waals surface area contributed by atoms with E-state index in [9.17, 15) is 9.59 Å². The molecule has 0 aliphatic rings. The molecule has 1 amide bonds. The number of benzene rings is 1. The smallest absolute Gasteiger partial charge is 0.328 e. The van der Waals surface area contributed by atoms with E-state index in [1.54, 1.807) is 11.6 Å². The van der Waals surface area contributed by atoms with Gasteiger partial charge in [0.2, 0.25) is 0 Å². The Kier molecular flexibility index (Phi) is 6.42. The third-order valence-electron chi connectivity index (χ3n) is 4.15. The van der Waals surface area contributed by atoms with Crippen LogP contribution in [0.4, 0.5) is 0 Å². The summed E-state index contributed by atoms with van der Waals surface area (Å²) in [5.74, 6) is -1.05. The van der Waals surface area contributed by atoms with E-state index in [0.29, 0.717) is 12.2 Å². The topological polar surface area (TPSA) is 73.2 Å². The molecular weight excluding hydrogens is 354 g/mol. The zero-order chi connectivity index (χ0) is 19.4. The van der Waals surface area contributed by atoms with Gasteiger partial charge in [-0.15, -0.1) is 0 Å². The number of carbonyl (C=O) groups is 2. The van der Waals surface area contributed by atoms with Crippen molar-refractivity contribution in [3.8, 4) is 0 Å². The fraction of sp³-hybridized carbons (Fsp3) is 0.421. The average molecular weight is 378 g/mol. The lowest BCUT2D eigenvalue weighted by molar-refractivity contribution is -0.144. The molecule has 1 heterocycles. The Morgan fingerprint density at radius 2 is 1.85 bits per heavy atom. The van der Waals surface area contributed by atoms with Crippen molar-refractivity contribution in [1.29, 1.82) is 0 Å². The quantitative estimate of drug-likeness (QED) is 0.785. The first kappa shape index (κ1) is 20.0. The maximum Gasteiger partial charge on any atom is 0.328 e. The maximum absolute atomic E-state index is 12.7. The Bertz CT molecular complexity index is 797. The number of methoxy groups -OCH3 is 1. The van der Waals surface area contributed by atoms with Crippen molar-refractivity contribution in [2.75, 3.05) is 7.11 Å². The molecule has 1 aromatic carbocycles. The van der Waals surface area contributed by atoms with Crippen LogP contribution in [0.2, 0.25) is 5.15 Å². The van der Waals surface area contributed by atoms with Crippen molar-refractivity contribution in [2.45, 2.75) is 40.3 Å². The second-order valence-electron chi connectivity index (χ2n) is 6.61. The van der Waals surface area contributed by atoms with Gasteiger partial charge in [0.25, 0.3) is 5.91 Å². The summed E-state index contributed by atoms with van der Waals surface area (Å²) in [6.45, 7) is 7.85. The van der Waals surface area contributed by atoms with Gasteiger partial charge in [-0.3, -0.25) is 4.79 Å². The molecule has 0 spiro atoms. The molecule has 0 aliphatic carbocycles. The Morgan fingerprint density at radius 1 is 1.23 bits per heavy atom. The Hall–Kier alpha value is -2.34. The summed E-state index contributed by atoms with van der Waals surface area (Å²) in [7, 11) is 1.29. The normalized spacial score (nSPS) is 12.1. The van der Waals surface area contributed by atoms with Gasteiger partial charge in [0.1, 0.15) is 11.2 Å². The summed E-state index contributed by atoms with van der Waals surface area (Å²) < 4.78 is 6.34. The highest BCUT2D eigenvalue weighted by Gasteiger charge is 2.28. The third-order valence-corrected chi connectivity index (χ3v) is 4.54. The lowest BCUT2D eigenvalue weighted by atomic mass is 10.0. The molecule has 2 aromatic rings. The van der Waals surface area contributed by atoms with Crippen LogP contribution in [0.25, 0.3) is 0 Å². The van der Waals surface area contributed by atoms with Crippen LogP contribution in [0.1, 0.15) is 41.0 Å². The van der Waals surface area contributed by atoms with Crippen molar-refractivity contribution in [1.82, 2.24) is 15.1 Å². The molecule has 6 nitrogen and oxygen atoms in total. The van der Waals surface area contributed by atoms with Crippen LogP contribution >= 0.6 is 11.6 Å². The Morgan fingerprint density at radius 3 is 2.38 bits per heavy atom. The van der Waals surface area contributed by atoms with Gasteiger partial charge in [-0.2, -0.15) is 5.10 Å². The van der Waals surface area contributed by atoms with E-state index in [1.165, 1.54) is 12.7 Å². The molecule has 2 rings (SSSR count). The van der Waals surface area contributed by atoms with Gasteiger partial charge in [-0.25, -0.2) is 9.48 Å². The molecule has 0 saturated carbocycles. The first-order chi connectivity index (χ1) is 12.2. The molecule has 1 unspecified atom stereocenters. The number of halogens is 1. The highest BCUT2D eigenvalue weighted by atomic mass is 35.5. The number of amides is 1. The predicted octanol–water partition coefficient (Wildman–Crippen LogP) is 3.13. The fourth-order valence-electron chi connectivity index (χ4n) is 2.62. The molecule has 140 valence electrons. The monoisotopic (exact) mass is 377 g/mol. The summed E-state index contributed by atoms with van der Waals surface area (Å²) in [4.78, 5) is 24.5. The van der Waals surface area contributed by atoms with Crippen LogP contribution in [-0.4, -0.2) is 34.8 Å². The van der Waals surface area contributed by atoms with Crippen LogP contribution in [0, 0.1) is 19.8 Å². The molecule has 0 radical (unpaired) electrons. The average Bonchev–Trinajstić information content (AvgIpc) is 2.87. The minimum Gasteiger partial charge on any atom is -0.467 e. The van der Waals surface area contributed by atoms with Crippen LogP contribution < -0.4 is 5.32 Å². The van der Waals surface area contributed by atoms with Crippen molar-refractivity contribution in [2.24, 2.45) is 5.92 Å². The van der Waals surface area contributed by atoms with Crippen LogP contribution in [0.5, 0.6) is 0 Å². The predicted molar refractivity (Wildman–Crippen MR) is 100 cm³/mol. The van der Waals surface area contributed by atoms with Crippen molar-refractivity contribution in [3.05, 3.63) is 51.8 Å². The molecule has 26 heavy (non-hydrogen) atoms. The van der Waals surface area contributed by atoms with Crippen molar-refractivity contribution >= 4 is 23.5 Å². The number of esters is 1. The van der Waals surface area contributed by atoms with Crippen LogP contribution in [0.15, 0.2) is 24.3 Å². The number of hydrogen-bond acceptors (Lipinski definition) is 4. The number of aromatic nitrogens is 2. The third kappa shape index (κ3) is 4.43. The molecule has 1 aromatic heterocycles. The molecule has 0 aliphatic heterocycles. The number of ether oxygens (including phenoxy) is 1. The standard InChI is InChI=1S/C19H24ClN3O3/c1-11(2)16(19(25)26-5)21-18(24)15-13(4)22-23(17(15)20)10-14-8-6-12(3)7-9-14/h6-9,11,16H,10H2,1-5H3,(H,21,24). The van der Waals surface area contributed by atoms with Gasteiger partial charge in [-0.1, -0.05) is 55.3 Å². The van der Waals surface area contributed by atoms with E-state index < -0.39 is 17.9 Å². The van der Waals surface area contributed by atoms with Crippen molar-refractivity contribution in [3.63, 3.8) is 0 Å². The van der Waals surface area contributed by atoms with E-state index in [0.717, 1.165) is 5.56 Å². The van der Waals surface area contributed by atoms with Crippen LogP contribution in [-0.2, 0) is 16.1 Å². The molecule has 0 fully saturated rings. The van der Waals surface area contributed by atoms with E-state index in [2.05, 4.69) is 10.4 Å². The number of nitrogens with zero attached hydrogens (tertiary/aromatic N) is 2. The van der Waals surface area contributed by atoms with Crippen molar-refractivity contribution < 1.29 is 14.3 Å². The lowest BCUT2D eigenvalue weighted by Crippen LogP contribution is -2.45. The van der Waals surface area contributed by atoms with Gasteiger partial charge in [-0.05, 0) is 25.3 Å². The van der Waals surface area contributed by atoms with Gasteiger partial charge in [0, 0.05) is 0 Å². The molecule has 1 atom stereocenters. The Labute approximate surface area is 158 Å². The molecule has 0 saturated heterocycles. The molecule has 0 bridgehead atoms. The highest BCUT2D eigenvalue weighted by molar-refractivity contribution is 6.33. The minimum atomic E-state index is -0.747. The lowest BCUT2D eigenvalue weighted by Gasteiger charge is -2.19. The molecule has 1 N–H and O–H groups in total. The van der Waals surface area contributed by atoms with E-state index in [-0.39, 0.29) is 16.6 Å². The summed E-state index contributed by atoms with van der Waals surface area (Å²) in [6.07, 6.45) is 0. The van der Waals surface area contributed by atoms with E-state index in [1.807, 2.05) is 45.0 Å². The number of nitrogens with one attached hydrogen (secondary N) is 1. The van der Waals surface area contributed by atoms with Gasteiger partial charge in [0.05, 0.1) is 24.9 Å². The zero-order valence-electron chi connectivity index (χ0n) is 15.7. The maximum atomic E-state index is 12.7.